The minimum atomic E-state index is 0.0373. The quantitative estimate of drug-likeness (QED) is 0.165. The maximum Gasteiger partial charge on any atom is 0.264 e. The van der Waals surface area contributed by atoms with E-state index in [1.165, 1.54) is 106 Å². The molecule has 59 heavy (non-hydrogen) atoms. The molecule has 0 amide bonds. The Balaban J connectivity index is 1.33. The first-order valence-electron chi connectivity index (χ1n) is 22.0. The molecule has 3 heterocycles. The number of allylic oxidation sites excluding steroid dienone is 3. The molecule has 0 radical (unpaired) electrons. The minimum Gasteiger partial charge on any atom is -0.311 e. The molecule has 4 heteroatoms. The number of hydrogen-bond acceptors (Lipinski definition) is 3. The van der Waals surface area contributed by atoms with Crippen LogP contribution in [-0.2, 0) is 16.2 Å². The molecule has 0 saturated heterocycles. The molecule has 10 rings (SSSR count). The molecule has 0 spiro atoms. The summed E-state index contributed by atoms with van der Waals surface area (Å²) in [4.78, 5) is 5.34. The fourth-order valence-corrected chi connectivity index (χ4v) is 11.9. The lowest BCUT2D eigenvalue weighted by molar-refractivity contribution is 0.293. The fraction of sp³-hybridized carbons (Fsp3) is 0.345. The van der Waals surface area contributed by atoms with Gasteiger partial charge in [0.05, 0.1) is 11.4 Å². The van der Waals surface area contributed by atoms with Gasteiger partial charge in [-0.25, -0.2) is 0 Å². The molecule has 2 nitrogen and oxygen atoms in total. The first-order chi connectivity index (χ1) is 27.9. The largest absolute Gasteiger partial charge is 0.311 e. The van der Waals surface area contributed by atoms with E-state index >= 15 is 0 Å². The number of rotatable bonds is 3. The van der Waals surface area contributed by atoms with Crippen molar-refractivity contribution in [2.24, 2.45) is 11.3 Å². The molecule has 2 aliphatic heterocycles. The zero-order valence-electron chi connectivity index (χ0n) is 37.0. The van der Waals surface area contributed by atoms with Gasteiger partial charge in [-0.1, -0.05) is 142 Å². The van der Waals surface area contributed by atoms with Crippen molar-refractivity contribution in [3.63, 3.8) is 0 Å². The van der Waals surface area contributed by atoms with Crippen molar-refractivity contribution in [1.82, 2.24) is 0 Å². The van der Waals surface area contributed by atoms with E-state index in [9.17, 15) is 0 Å². The molecule has 0 saturated carbocycles. The lowest BCUT2D eigenvalue weighted by Gasteiger charge is -2.47. The van der Waals surface area contributed by atoms with Gasteiger partial charge >= 0.3 is 0 Å². The number of fused-ring (bicyclic) bond motifs is 7. The summed E-state index contributed by atoms with van der Waals surface area (Å²) in [6.45, 7) is 26.5. The standard InChI is InChI=1S/C55H59BN2S/c1-34-29-46-49-47(30-34)58(44-20-16-15-19-39(44)35-17-13-12-14-18-35)45-33-42-41(54(8,9)27-28-55(42,10)11)32-43(45)56(49)51-50(40-31-37(53(5,6)7)23-26-48(40)59-51)57(46)38-24-21-36(22-25-38)52(2,3)4/h12-21,23-26,29-33,36H,22,27-28H2,1-11H3. The van der Waals surface area contributed by atoms with Crippen molar-refractivity contribution >= 4 is 72.3 Å². The average molecular weight is 791 g/mol. The lowest BCUT2D eigenvalue weighted by atomic mass is 9.35. The van der Waals surface area contributed by atoms with E-state index in [1.54, 1.807) is 0 Å². The Morgan fingerprint density at radius 1 is 0.695 bits per heavy atom. The van der Waals surface area contributed by atoms with Gasteiger partial charge in [0.25, 0.3) is 6.71 Å². The van der Waals surface area contributed by atoms with Crippen LogP contribution in [0.1, 0.15) is 111 Å². The maximum atomic E-state index is 2.68. The summed E-state index contributed by atoms with van der Waals surface area (Å²) in [5.74, 6) is 0.497. The molecule has 4 aliphatic rings. The van der Waals surface area contributed by atoms with Crippen molar-refractivity contribution in [3.8, 4) is 11.1 Å². The molecule has 1 atom stereocenters. The maximum absolute atomic E-state index is 2.68. The Kier molecular flexibility index (Phi) is 8.53. The number of para-hydroxylation sites is 1. The molecule has 298 valence electrons. The van der Waals surface area contributed by atoms with Crippen molar-refractivity contribution < 1.29 is 0 Å². The van der Waals surface area contributed by atoms with Crippen LogP contribution >= 0.6 is 11.3 Å². The number of aryl methyl sites for hydroxylation is 1. The topological polar surface area (TPSA) is 6.48 Å². The summed E-state index contributed by atoms with van der Waals surface area (Å²) in [6, 6.07) is 37.7. The second kappa shape index (κ2) is 13.1. The highest BCUT2D eigenvalue weighted by molar-refractivity contribution is 7.33. The van der Waals surface area contributed by atoms with Crippen LogP contribution in [0.15, 0.2) is 121 Å². The second-order valence-electron chi connectivity index (χ2n) is 21.4. The molecule has 5 aromatic carbocycles. The number of nitrogens with zero attached hydrogens (tertiary/aromatic N) is 2. The van der Waals surface area contributed by atoms with E-state index < -0.39 is 0 Å². The van der Waals surface area contributed by atoms with Crippen molar-refractivity contribution in [2.75, 3.05) is 9.80 Å². The Morgan fingerprint density at radius 2 is 1.36 bits per heavy atom. The number of thiophene rings is 1. The summed E-state index contributed by atoms with van der Waals surface area (Å²) in [5.41, 5.74) is 19.2. The summed E-state index contributed by atoms with van der Waals surface area (Å²) in [7, 11) is 0. The predicted octanol–water partition coefficient (Wildman–Crippen LogP) is 13.8. The summed E-state index contributed by atoms with van der Waals surface area (Å²) in [5, 5.41) is 1.37. The van der Waals surface area contributed by atoms with Crippen LogP contribution in [0.5, 0.6) is 0 Å². The SMILES string of the molecule is Cc1cc2c3c(c1)N(c1ccccc1-c1ccccc1)c1cc4c(cc1B3c1sc3ccc(C(C)(C)C)cc3c1N2C1=CCC(C(C)(C)C)C=C1)C(C)(C)CCC4(C)C. The zero-order valence-corrected chi connectivity index (χ0v) is 37.9. The third kappa shape index (κ3) is 6.02. The van der Waals surface area contributed by atoms with Gasteiger partial charge in [-0.3, -0.25) is 0 Å². The molecule has 0 N–H and O–H groups in total. The van der Waals surface area contributed by atoms with Crippen LogP contribution < -0.4 is 25.5 Å². The van der Waals surface area contributed by atoms with Crippen LogP contribution in [0.25, 0.3) is 21.2 Å². The van der Waals surface area contributed by atoms with Gasteiger partial charge < -0.3 is 9.80 Å². The summed E-state index contributed by atoms with van der Waals surface area (Å²) in [6.07, 6.45) is 10.9. The Morgan fingerprint density at radius 3 is 2.02 bits per heavy atom. The lowest BCUT2D eigenvalue weighted by Crippen LogP contribution is -2.61. The molecule has 6 aromatic rings. The van der Waals surface area contributed by atoms with Gasteiger partial charge in [0, 0.05) is 43.2 Å². The molecular weight excluding hydrogens is 731 g/mol. The Labute approximate surface area is 357 Å². The minimum absolute atomic E-state index is 0.0373. The molecule has 0 fully saturated rings. The number of hydrogen-bond donors (Lipinski definition) is 0. The van der Waals surface area contributed by atoms with Gasteiger partial charge in [-0.2, -0.15) is 0 Å². The predicted molar refractivity (Wildman–Crippen MR) is 259 cm³/mol. The summed E-state index contributed by atoms with van der Waals surface area (Å²) < 4.78 is 2.82. The highest BCUT2D eigenvalue weighted by Crippen LogP contribution is 2.53. The third-order valence-electron chi connectivity index (χ3n) is 14.3. The van der Waals surface area contributed by atoms with Crippen molar-refractivity contribution in [2.45, 2.75) is 112 Å². The monoisotopic (exact) mass is 790 g/mol. The van der Waals surface area contributed by atoms with Gasteiger partial charge in [-0.15, -0.1) is 11.3 Å². The van der Waals surface area contributed by atoms with Crippen molar-refractivity contribution in [1.29, 1.82) is 0 Å². The number of anilines is 5. The first kappa shape index (κ1) is 38.4. The Hall–Kier alpha value is -4.80. The molecule has 2 aliphatic carbocycles. The summed E-state index contributed by atoms with van der Waals surface area (Å²) >= 11 is 2.02. The van der Waals surface area contributed by atoms with Gasteiger partial charge in [0.1, 0.15) is 0 Å². The van der Waals surface area contributed by atoms with Crippen molar-refractivity contribution in [3.05, 3.63) is 143 Å². The third-order valence-corrected chi connectivity index (χ3v) is 15.5. The van der Waals surface area contributed by atoms with E-state index in [1.807, 2.05) is 11.3 Å². The zero-order chi connectivity index (χ0) is 41.4. The van der Waals surface area contributed by atoms with Crippen LogP contribution in [0.2, 0.25) is 0 Å². The van der Waals surface area contributed by atoms with E-state index in [0.717, 1.165) is 6.42 Å². The van der Waals surface area contributed by atoms with E-state index in [-0.39, 0.29) is 28.4 Å². The van der Waals surface area contributed by atoms with Crippen LogP contribution in [0.3, 0.4) is 0 Å². The molecule has 1 aromatic heterocycles. The van der Waals surface area contributed by atoms with Gasteiger partial charge in [0.2, 0.25) is 0 Å². The Bertz CT molecular complexity index is 2750. The van der Waals surface area contributed by atoms with Crippen LogP contribution in [-0.4, -0.2) is 6.71 Å². The van der Waals surface area contributed by atoms with Gasteiger partial charge in [-0.05, 0) is 135 Å². The smallest absolute Gasteiger partial charge is 0.264 e. The molecular formula is C55H59BN2S. The highest BCUT2D eigenvalue weighted by atomic mass is 32.1. The average Bonchev–Trinajstić information content (AvgIpc) is 3.57. The first-order valence-corrected chi connectivity index (χ1v) is 22.8. The fourth-order valence-electron chi connectivity index (χ4n) is 10.6. The van der Waals surface area contributed by atoms with Crippen LogP contribution in [0.4, 0.5) is 28.4 Å². The van der Waals surface area contributed by atoms with Gasteiger partial charge in [0.15, 0.2) is 0 Å². The molecule has 1 unspecified atom stereocenters. The highest BCUT2D eigenvalue weighted by Gasteiger charge is 2.48. The number of benzene rings is 5. The van der Waals surface area contributed by atoms with E-state index in [4.69, 9.17) is 0 Å². The molecule has 0 bridgehead atoms. The second-order valence-corrected chi connectivity index (χ2v) is 22.5. The van der Waals surface area contributed by atoms with E-state index in [2.05, 4.69) is 201 Å². The van der Waals surface area contributed by atoms with Crippen LogP contribution in [0, 0.1) is 18.3 Å². The normalized spacial score (nSPS) is 18.9. The van der Waals surface area contributed by atoms with E-state index in [0.29, 0.717) is 5.92 Å².